The van der Waals surface area contributed by atoms with Gasteiger partial charge in [0.25, 0.3) is 0 Å². The predicted molar refractivity (Wildman–Crippen MR) is 44.0 cm³/mol. The van der Waals surface area contributed by atoms with Crippen molar-refractivity contribution in [1.82, 2.24) is 10.6 Å². The average Bonchev–Trinajstić information content (AvgIpc) is 2.87. The zero-order chi connectivity index (χ0) is 9.26. The molecule has 1 saturated heterocycles. The number of hydrogen-bond donors (Lipinski definition) is 2. The minimum atomic E-state index is -0.398. The molecule has 0 spiro atoms. The van der Waals surface area contributed by atoms with E-state index in [2.05, 4.69) is 10.6 Å². The lowest BCUT2D eigenvalue weighted by Crippen LogP contribution is -2.34. The van der Waals surface area contributed by atoms with Crippen molar-refractivity contribution in [3.8, 4) is 0 Å². The van der Waals surface area contributed by atoms with Crippen LogP contribution in [0.2, 0.25) is 0 Å². The summed E-state index contributed by atoms with van der Waals surface area (Å²) in [5, 5.41) is 5.28. The van der Waals surface area contributed by atoms with Gasteiger partial charge in [0.05, 0.1) is 13.1 Å². The van der Waals surface area contributed by atoms with Gasteiger partial charge in [-0.3, -0.25) is 4.79 Å². The second-order valence-corrected chi connectivity index (χ2v) is 3.43. The smallest absolute Gasteiger partial charge is 0.407 e. The van der Waals surface area contributed by atoms with Crippen molar-refractivity contribution in [2.45, 2.75) is 18.9 Å². The highest BCUT2D eigenvalue weighted by Crippen LogP contribution is 2.28. The van der Waals surface area contributed by atoms with E-state index in [1.807, 2.05) is 0 Å². The molecular formula is C8H12N2O3. The zero-order valence-electron chi connectivity index (χ0n) is 7.21. The molecule has 1 saturated carbocycles. The SMILES string of the molecule is O=C1NCC(CNC(=O)C2CC2)O1. The van der Waals surface area contributed by atoms with Gasteiger partial charge in [-0.2, -0.15) is 0 Å². The fourth-order valence-electron chi connectivity index (χ4n) is 1.25. The summed E-state index contributed by atoms with van der Waals surface area (Å²) in [4.78, 5) is 21.8. The standard InChI is InChI=1S/C8H12N2O3/c11-7(5-1-2-5)9-3-6-4-10-8(12)13-6/h5-6H,1-4H2,(H,9,11)(H,10,12). The van der Waals surface area contributed by atoms with Crippen LogP contribution in [-0.4, -0.2) is 31.2 Å². The lowest BCUT2D eigenvalue weighted by Gasteiger charge is -2.08. The molecule has 5 nitrogen and oxygen atoms in total. The maximum atomic E-state index is 11.2. The normalized spacial score (nSPS) is 26.5. The Hall–Kier alpha value is -1.26. The Morgan fingerprint density at radius 3 is 2.92 bits per heavy atom. The number of rotatable bonds is 3. The third-order valence-electron chi connectivity index (χ3n) is 2.20. The Balaban J connectivity index is 1.67. The maximum absolute atomic E-state index is 11.2. The van der Waals surface area contributed by atoms with Gasteiger partial charge >= 0.3 is 6.09 Å². The highest BCUT2D eigenvalue weighted by atomic mass is 16.6. The van der Waals surface area contributed by atoms with E-state index >= 15 is 0 Å². The first kappa shape index (κ1) is 8.34. The van der Waals surface area contributed by atoms with E-state index in [0.29, 0.717) is 13.1 Å². The summed E-state index contributed by atoms with van der Waals surface area (Å²) in [7, 11) is 0. The Labute approximate surface area is 75.8 Å². The Morgan fingerprint density at radius 1 is 1.62 bits per heavy atom. The highest BCUT2D eigenvalue weighted by Gasteiger charge is 2.30. The van der Waals surface area contributed by atoms with Crippen LogP contribution in [0, 0.1) is 5.92 Å². The predicted octanol–water partition coefficient (Wildman–Crippen LogP) is -0.379. The highest BCUT2D eigenvalue weighted by molar-refractivity contribution is 5.80. The van der Waals surface area contributed by atoms with Gasteiger partial charge in [0.1, 0.15) is 6.10 Å². The number of ether oxygens (including phenoxy) is 1. The second kappa shape index (κ2) is 3.24. The van der Waals surface area contributed by atoms with Crippen molar-refractivity contribution in [3.63, 3.8) is 0 Å². The quantitative estimate of drug-likeness (QED) is 0.628. The number of hydrogen-bond acceptors (Lipinski definition) is 3. The second-order valence-electron chi connectivity index (χ2n) is 3.43. The first-order chi connectivity index (χ1) is 6.25. The summed E-state index contributed by atoms with van der Waals surface area (Å²) in [6, 6.07) is 0. The third kappa shape index (κ3) is 2.11. The molecule has 1 aliphatic carbocycles. The molecule has 2 amide bonds. The minimum Gasteiger partial charge on any atom is -0.442 e. The molecule has 0 aromatic carbocycles. The van der Waals surface area contributed by atoms with Crippen molar-refractivity contribution in [1.29, 1.82) is 0 Å². The molecule has 72 valence electrons. The van der Waals surface area contributed by atoms with E-state index < -0.39 is 6.09 Å². The summed E-state index contributed by atoms with van der Waals surface area (Å²) < 4.78 is 4.85. The molecule has 1 aliphatic heterocycles. The Bertz CT molecular complexity index is 238. The van der Waals surface area contributed by atoms with Crippen molar-refractivity contribution in [3.05, 3.63) is 0 Å². The fourth-order valence-corrected chi connectivity index (χ4v) is 1.25. The third-order valence-corrected chi connectivity index (χ3v) is 2.20. The first-order valence-corrected chi connectivity index (χ1v) is 4.48. The Kier molecular flexibility index (Phi) is 2.08. The molecule has 0 aromatic heterocycles. The van der Waals surface area contributed by atoms with Gasteiger partial charge in [0.2, 0.25) is 5.91 Å². The van der Waals surface area contributed by atoms with E-state index in [1.54, 1.807) is 0 Å². The van der Waals surface area contributed by atoms with Gasteiger partial charge in [0.15, 0.2) is 0 Å². The molecule has 2 fully saturated rings. The lowest BCUT2D eigenvalue weighted by molar-refractivity contribution is -0.122. The van der Waals surface area contributed by atoms with E-state index in [9.17, 15) is 9.59 Å². The average molecular weight is 184 g/mol. The summed E-state index contributed by atoms with van der Waals surface area (Å²) >= 11 is 0. The van der Waals surface area contributed by atoms with Gasteiger partial charge in [-0.1, -0.05) is 0 Å². The van der Waals surface area contributed by atoms with E-state index in [1.165, 1.54) is 0 Å². The van der Waals surface area contributed by atoms with Gasteiger partial charge in [-0.25, -0.2) is 4.79 Å². The van der Waals surface area contributed by atoms with Crippen LogP contribution in [0.25, 0.3) is 0 Å². The van der Waals surface area contributed by atoms with Gasteiger partial charge in [-0.05, 0) is 12.8 Å². The molecule has 2 aliphatic rings. The van der Waals surface area contributed by atoms with E-state index in [0.717, 1.165) is 12.8 Å². The number of amides is 2. The molecule has 1 unspecified atom stereocenters. The number of alkyl carbamates (subject to hydrolysis) is 1. The molecule has 0 bridgehead atoms. The molecule has 1 atom stereocenters. The molecule has 1 heterocycles. The van der Waals surface area contributed by atoms with Crippen LogP contribution in [0.4, 0.5) is 4.79 Å². The number of nitrogens with one attached hydrogen (secondary N) is 2. The monoisotopic (exact) mass is 184 g/mol. The van der Waals surface area contributed by atoms with Crippen LogP contribution in [-0.2, 0) is 9.53 Å². The fraction of sp³-hybridized carbons (Fsp3) is 0.750. The molecule has 0 aromatic rings. The summed E-state index contributed by atoms with van der Waals surface area (Å²) in [6.45, 7) is 0.915. The van der Waals surface area contributed by atoms with Crippen LogP contribution in [0.1, 0.15) is 12.8 Å². The lowest BCUT2D eigenvalue weighted by atomic mass is 10.3. The molecule has 2 rings (SSSR count). The molecular weight excluding hydrogens is 172 g/mol. The first-order valence-electron chi connectivity index (χ1n) is 4.48. The van der Waals surface area contributed by atoms with E-state index in [-0.39, 0.29) is 17.9 Å². The van der Waals surface area contributed by atoms with Crippen LogP contribution in [0.5, 0.6) is 0 Å². The maximum Gasteiger partial charge on any atom is 0.407 e. The summed E-state index contributed by atoms with van der Waals surface area (Å²) in [5.41, 5.74) is 0. The zero-order valence-corrected chi connectivity index (χ0v) is 7.21. The minimum absolute atomic E-state index is 0.0861. The molecule has 2 N–H and O–H groups in total. The Morgan fingerprint density at radius 2 is 2.38 bits per heavy atom. The van der Waals surface area contributed by atoms with Gasteiger partial charge in [-0.15, -0.1) is 0 Å². The number of cyclic esters (lactones) is 1. The number of carbonyl (C=O) groups is 2. The summed E-state index contributed by atoms with van der Waals surface area (Å²) in [5.74, 6) is 0.299. The van der Waals surface area contributed by atoms with Crippen molar-refractivity contribution >= 4 is 12.0 Å². The summed E-state index contributed by atoms with van der Waals surface area (Å²) in [6.07, 6.45) is 1.39. The van der Waals surface area contributed by atoms with Crippen molar-refractivity contribution in [2.24, 2.45) is 5.92 Å². The van der Waals surface area contributed by atoms with Crippen molar-refractivity contribution < 1.29 is 14.3 Å². The van der Waals surface area contributed by atoms with Crippen LogP contribution < -0.4 is 10.6 Å². The van der Waals surface area contributed by atoms with Gasteiger partial charge < -0.3 is 15.4 Å². The molecule has 0 radical (unpaired) electrons. The molecule has 13 heavy (non-hydrogen) atoms. The van der Waals surface area contributed by atoms with Crippen LogP contribution in [0.15, 0.2) is 0 Å². The van der Waals surface area contributed by atoms with Crippen molar-refractivity contribution in [2.75, 3.05) is 13.1 Å². The molecule has 5 heteroatoms. The van der Waals surface area contributed by atoms with Crippen LogP contribution in [0.3, 0.4) is 0 Å². The van der Waals surface area contributed by atoms with Crippen LogP contribution >= 0.6 is 0 Å². The van der Waals surface area contributed by atoms with E-state index in [4.69, 9.17) is 4.74 Å². The number of carbonyl (C=O) groups excluding carboxylic acids is 2. The van der Waals surface area contributed by atoms with Gasteiger partial charge in [0, 0.05) is 5.92 Å². The topological polar surface area (TPSA) is 67.4 Å². The largest absolute Gasteiger partial charge is 0.442 e.